The van der Waals surface area contributed by atoms with Gasteiger partial charge in [-0.3, -0.25) is 14.4 Å². The number of nitrogens with zero attached hydrogens (tertiary/aromatic N) is 2. The van der Waals surface area contributed by atoms with Crippen LogP contribution in [0, 0.1) is 13.8 Å². The minimum absolute atomic E-state index is 0.00862. The lowest BCUT2D eigenvalue weighted by molar-refractivity contribution is -0.128. The molecule has 7 heteroatoms. The number of rotatable bonds is 4. The first-order valence-electron chi connectivity index (χ1n) is 8.14. The number of likely N-dealkylation sites (tertiary alicyclic amines) is 1. The maximum Gasteiger partial charge on any atom is 0.277 e. The topological polar surface area (TPSA) is 95.2 Å². The van der Waals surface area contributed by atoms with Gasteiger partial charge in [-0.15, -0.1) is 0 Å². The van der Waals surface area contributed by atoms with Crippen LogP contribution in [-0.4, -0.2) is 39.5 Å². The molecule has 1 aliphatic heterocycles. The number of H-pyrrole nitrogens is 1. The van der Waals surface area contributed by atoms with Crippen LogP contribution in [0.4, 0.5) is 0 Å². The van der Waals surface area contributed by atoms with Crippen LogP contribution in [0.5, 0.6) is 0 Å². The van der Waals surface area contributed by atoms with Gasteiger partial charge in [0.15, 0.2) is 0 Å². The summed E-state index contributed by atoms with van der Waals surface area (Å²) in [4.78, 5) is 38.3. The minimum atomic E-state index is -0.522. The zero-order chi connectivity index (χ0) is 18.0. The van der Waals surface area contributed by atoms with Gasteiger partial charge < -0.3 is 10.2 Å². The molecule has 1 atom stereocenters. The van der Waals surface area contributed by atoms with Gasteiger partial charge in [0.25, 0.3) is 11.5 Å². The average Bonchev–Trinajstić information content (AvgIpc) is 2.91. The van der Waals surface area contributed by atoms with Crippen LogP contribution in [0.15, 0.2) is 35.1 Å². The molecule has 130 valence electrons. The predicted molar refractivity (Wildman–Crippen MR) is 92.1 cm³/mol. The first kappa shape index (κ1) is 16.9. The Labute approximate surface area is 145 Å². The summed E-state index contributed by atoms with van der Waals surface area (Å²) in [6.45, 7) is 4.36. The molecule has 2 N–H and O–H groups in total. The highest BCUT2D eigenvalue weighted by Gasteiger charge is 2.31. The fourth-order valence-corrected chi connectivity index (χ4v) is 2.98. The molecule has 2 aromatic rings. The fraction of sp³-hybridized carbons (Fsp3) is 0.333. The van der Waals surface area contributed by atoms with E-state index in [-0.39, 0.29) is 23.9 Å². The van der Waals surface area contributed by atoms with Gasteiger partial charge in [0.2, 0.25) is 5.91 Å². The second-order valence-electron chi connectivity index (χ2n) is 6.27. The molecule has 1 fully saturated rings. The zero-order valence-electron chi connectivity index (χ0n) is 14.2. The highest BCUT2D eigenvalue weighted by molar-refractivity contribution is 5.96. The molecule has 1 aromatic heterocycles. The second kappa shape index (κ2) is 6.88. The third kappa shape index (κ3) is 3.60. The highest BCUT2D eigenvalue weighted by atomic mass is 16.2. The quantitative estimate of drug-likeness (QED) is 0.865. The summed E-state index contributed by atoms with van der Waals surface area (Å²) in [7, 11) is 0. The molecule has 0 aliphatic carbocycles. The van der Waals surface area contributed by atoms with E-state index in [1.165, 1.54) is 0 Å². The molecule has 1 saturated heterocycles. The summed E-state index contributed by atoms with van der Waals surface area (Å²) in [5.74, 6) is -0.477. The standard InChI is InChI=1S/C18H20N4O3/c1-11-12(2)20-21-18(25)16(11)17(24)19-14-8-15(23)22(10-14)9-13-6-4-3-5-7-13/h3-7,14H,8-10H2,1-2H3,(H,19,24)(H,21,25)/t14-/m0/s1. The Hall–Kier alpha value is -2.96. The van der Waals surface area contributed by atoms with E-state index in [0.29, 0.717) is 24.3 Å². The van der Waals surface area contributed by atoms with E-state index in [4.69, 9.17) is 0 Å². The van der Waals surface area contributed by atoms with Crippen LogP contribution in [-0.2, 0) is 11.3 Å². The number of aryl methyl sites for hydroxylation is 1. The number of benzene rings is 1. The van der Waals surface area contributed by atoms with Gasteiger partial charge in [-0.05, 0) is 25.0 Å². The molecule has 7 nitrogen and oxygen atoms in total. The molecule has 0 radical (unpaired) electrons. The lowest BCUT2D eigenvalue weighted by Gasteiger charge is -2.17. The van der Waals surface area contributed by atoms with Crippen LogP contribution in [0.2, 0.25) is 0 Å². The van der Waals surface area contributed by atoms with Crippen molar-refractivity contribution in [3.05, 3.63) is 63.1 Å². The maximum atomic E-state index is 12.5. The smallest absolute Gasteiger partial charge is 0.277 e. The molecule has 0 saturated carbocycles. The Kier molecular flexibility index (Phi) is 4.65. The molecule has 0 spiro atoms. The Morgan fingerprint density at radius 1 is 1.28 bits per heavy atom. The monoisotopic (exact) mass is 340 g/mol. The van der Waals surface area contributed by atoms with Gasteiger partial charge in [-0.25, -0.2) is 5.10 Å². The number of amides is 2. The molecule has 1 aromatic carbocycles. The molecular weight excluding hydrogens is 320 g/mol. The van der Waals surface area contributed by atoms with Gasteiger partial charge in [0, 0.05) is 19.5 Å². The Morgan fingerprint density at radius 2 is 2.00 bits per heavy atom. The van der Waals surface area contributed by atoms with E-state index in [2.05, 4.69) is 15.5 Å². The second-order valence-corrected chi connectivity index (χ2v) is 6.27. The molecule has 0 unspecified atom stereocenters. The first-order valence-corrected chi connectivity index (χ1v) is 8.14. The van der Waals surface area contributed by atoms with Crippen LogP contribution >= 0.6 is 0 Å². The van der Waals surface area contributed by atoms with E-state index in [9.17, 15) is 14.4 Å². The van der Waals surface area contributed by atoms with Crippen molar-refractivity contribution in [1.82, 2.24) is 20.4 Å². The molecule has 25 heavy (non-hydrogen) atoms. The summed E-state index contributed by atoms with van der Waals surface area (Å²) < 4.78 is 0. The lowest BCUT2D eigenvalue weighted by atomic mass is 10.1. The number of hydrogen-bond acceptors (Lipinski definition) is 4. The largest absolute Gasteiger partial charge is 0.347 e. The van der Waals surface area contributed by atoms with Gasteiger partial charge in [-0.1, -0.05) is 30.3 Å². The zero-order valence-corrected chi connectivity index (χ0v) is 14.2. The van der Waals surface area contributed by atoms with Crippen molar-refractivity contribution in [2.24, 2.45) is 0 Å². The van der Waals surface area contributed by atoms with Crippen LogP contribution in [0.1, 0.15) is 33.6 Å². The van der Waals surface area contributed by atoms with Crippen LogP contribution in [0.25, 0.3) is 0 Å². The minimum Gasteiger partial charge on any atom is -0.347 e. The summed E-state index contributed by atoms with van der Waals surface area (Å²) in [6, 6.07) is 9.39. The summed E-state index contributed by atoms with van der Waals surface area (Å²) in [5.41, 5.74) is 1.72. The van der Waals surface area contributed by atoms with Crippen LogP contribution in [0.3, 0.4) is 0 Å². The number of aromatic amines is 1. The Balaban J connectivity index is 1.69. The van der Waals surface area contributed by atoms with Crippen molar-refractivity contribution >= 4 is 11.8 Å². The molecule has 1 aliphatic rings. The maximum absolute atomic E-state index is 12.5. The number of nitrogens with one attached hydrogen (secondary N) is 2. The fourth-order valence-electron chi connectivity index (χ4n) is 2.98. The van der Waals surface area contributed by atoms with E-state index in [0.717, 1.165) is 5.56 Å². The van der Waals surface area contributed by atoms with E-state index in [1.807, 2.05) is 30.3 Å². The average molecular weight is 340 g/mol. The third-order valence-corrected chi connectivity index (χ3v) is 4.46. The van der Waals surface area contributed by atoms with Gasteiger partial charge in [-0.2, -0.15) is 5.10 Å². The van der Waals surface area contributed by atoms with Crippen LogP contribution < -0.4 is 10.9 Å². The first-order chi connectivity index (χ1) is 12.0. The molecule has 0 bridgehead atoms. The molecular formula is C18H20N4O3. The summed E-state index contributed by atoms with van der Waals surface area (Å²) in [5, 5.41) is 8.97. The summed E-state index contributed by atoms with van der Waals surface area (Å²) in [6.07, 6.45) is 0.236. The van der Waals surface area contributed by atoms with Crippen molar-refractivity contribution in [2.75, 3.05) is 6.54 Å². The third-order valence-electron chi connectivity index (χ3n) is 4.46. The lowest BCUT2D eigenvalue weighted by Crippen LogP contribution is -2.40. The van der Waals surface area contributed by atoms with Crippen molar-refractivity contribution in [3.63, 3.8) is 0 Å². The number of carbonyl (C=O) groups excluding carboxylic acids is 2. The number of hydrogen-bond donors (Lipinski definition) is 2. The number of aromatic nitrogens is 2. The predicted octanol–water partition coefficient (Wildman–Crippen LogP) is 0.918. The Bertz CT molecular complexity index is 860. The summed E-state index contributed by atoms with van der Waals surface area (Å²) >= 11 is 0. The van der Waals surface area contributed by atoms with Crippen molar-refractivity contribution in [3.8, 4) is 0 Å². The molecule has 2 amide bonds. The number of carbonyl (C=O) groups is 2. The SMILES string of the molecule is Cc1n[nH]c(=O)c(C(=O)N[C@H]2CC(=O)N(Cc3ccccc3)C2)c1C. The highest BCUT2D eigenvalue weighted by Crippen LogP contribution is 2.16. The molecule has 2 heterocycles. The van der Waals surface area contributed by atoms with E-state index >= 15 is 0 Å². The van der Waals surface area contributed by atoms with E-state index in [1.54, 1.807) is 18.7 Å². The van der Waals surface area contributed by atoms with Gasteiger partial charge in [0.1, 0.15) is 5.56 Å². The molecule has 3 rings (SSSR count). The van der Waals surface area contributed by atoms with Gasteiger partial charge in [0.05, 0.1) is 11.7 Å². The van der Waals surface area contributed by atoms with Crippen molar-refractivity contribution in [2.45, 2.75) is 32.9 Å². The normalized spacial score (nSPS) is 17.0. The van der Waals surface area contributed by atoms with Gasteiger partial charge >= 0.3 is 0 Å². The van der Waals surface area contributed by atoms with Crippen molar-refractivity contribution < 1.29 is 9.59 Å². The Morgan fingerprint density at radius 3 is 2.72 bits per heavy atom. The van der Waals surface area contributed by atoms with Crippen molar-refractivity contribution in [1.29, 1.82) is 0 Å². The van der Waals surface area contributed by atoms with E-state index < -0.39 is 11.5 Å².